The average molecular weight is 526 g/mol. The van der Waals surface area contributed by atoms with Gasteiger partial charge in [0.1, 0.15) is 16.8 Å². The zero-order valence-electron chi connectivity index (χ0n) is 20.3. The number of fused-ring (bicyclic) bond motifs is 1. The molecule has 0 atom stereocenters. The molecule has 0 unspecified atom stereocenters. The molecule has 0 bridgehead atoms. The van der Waals surface area contributed by atoms with Crippen LogP contribution in [0.5, 0.6) is 5.75 Å². The Labute approximate surface area is 238 Å². The maximum atomic E-state index is 13.7. The van der Waals surface area contributed by atoms with Crippen molar-refractivity contribution in [2.75, 3.05) is 0 Å². The van der Waals surface area contributed by atoms with Gasteiger partial charge in [-0.2, -0.15) is 8.75 Å². The number of aliphatic carboxylic acids is 1. The molecule has 1 aromatic heterocycles. The van der Waals surface area contributed by atoms with Crippen LogP contribution in [0.1, 0.15) is 35.3 Å². The normalized spacial score (nSPS) is 11.5. The molecule has 0 aliphatic heterocycles. The second-order valence-electron chi connectivity index (χ2n) is 8.23. The first-order valence-corrected chi connectivity index (χ1v) is 11.7. The van der Waals surface area contributed by atoms with Gasteiger partial charge in [-0.3, -0.25) is 14.9 Å². The number of rotatable bonds is 9. The summed E-state index contributed by atoms with van der Waals surface area (Å²) in [5.74, 6) is -1.47. The molecule has 9 nitrogen and oxygen atoms in total. The first-order valence-electron chi connectivity index (χ1n) is 10.9. The number of nitro benzene ring substituents is 1. The van der Waals surface area contributed by atoms with E-state index in [1.54, 1.807) is 42.5 Å². The molecule has 1 heterocycles. The quantitative estimate of drug-likeness (QED) is 0.104. The van der Waals surface area contributed by atoms with Gasteiger partial charge in [-0.15, -0.1) is 0 Å². The van der Waals surface area contributed by atoms with Crippen LogP contribution in [0.25, 0.3) is 16.6 Å². The summed E-state index contributed by atoms with van der Waals surface area (Å²) in [7, 11) is 0. The number of Topliss-reactive ketones (excluding diaryl/α,β-unsaturated/α-hetero) is 1. The fraction of sp³-hybridized carbons (Fsp3) is 0.154. The molecular formula is C26H20N3NaO6S. The fourth-order valence-electron chi connectivity index (χ4n) is 3.71. The summed E-state index contributed by atoms with van der Waals surface area (Å²) in [6.07, 6.45) is -0.137. The number of allylic oxidation sites excluding steroid dienone is 1. The van der Waals surface area contributed by atoms with E-state index in [0.29, 0.717) is 22.3 Å². The molecule has 4 rings (SSSR count). The van der Waals surface area contributed by atoms with Crippen LogP contribution >= 0.6 is 11.7 Å². The zero-order chi connectivity index (χ0) is 25.8. The molecule has 0 amide bonds. The van der Waals surface area contributed by atoms with Gasteiger partial charge in [0.2, 0.25) is 0 Å². The van der Waals surface area contributed by atoms with E-state index in [1.165, 1.54) is 24.3 Å². The van der Waals surface area contributed by atoms with Crippen LogP contribution in [0, 0.1) is 10.1 Å². The molecule has 11 heteroatoms. The maximum Gasteiger partial charge on any atom is 1.00 e. The van der Waals surface area contributed by atoms with E-state index in [-0.39, 0.29) is 70.0 Å². The summed E-state index contributed by atoms with van der Waals surface area (Å²) in [6.45, 7) is 3.76. The summed E-state index contributed by atoms with van der Waals surface area (Å²) in [6, 6.07) is 16.7. The Bertz CT molecular complexity index is 1480. The number of aromatic nitrogens is 2. The van der Waals surface area contributed by atoms with Crippen LogP contribution in [-0.4, -0.2) is 31.5 Å². The van der Waals surface area contributed by atoms with Crippen molar-refractivity contribution in [2.24, 2.45) is 0 Å². The number of carbonyl (C=O) groups excluding carboxylic acids is 2. The molecule has 0 spiro atoms. The van der Waals surface area contributed by atoms with Crippen molar-refractivity contribution in [3.63, 3.8) is 0 Å². The molecule has 0 saturated heterocycles. The molecule has 0 aliphatic carbocycles. The number of carbonyl (C=O) groups is 2. The minimum atomic E-state index is -1.53. The van der Waals surface area contributed by atoms with Gasteiger partial charge in [0.15, 0.2) is 5.78 Å². The SMILES string of the molecule is CC(C)Oc1ccc(C(=O)/C(Cc2ccc([N+](=O)[O-])cc2)=C(/C(=O)[O-])c2ccc3nsnc3c2)cc1.[Na+]. The van der Waals surface area contributed by atoms with E-state index in [9.17, 15) is 24.8 Å². The number of hydrogen-bond acceptors (Lipinski definition) is 9. The average Bonchev–Trinajstić information content (AvgIpc) is 3.31. The maximum absolute atomic E-state index is 13.7. The summed E-state index contributed by atoms with van der Waals surface area (Å²) < 4.78 is 13.9. The monoisotopic (exact) mass is 525 g/mol. The summed E-state index contributed by atoms with van der Waals surface area (Å²) >= 11 is 0.992. The number of ether oxygens (including phenoxy) is 1. The first kappa shape index (κ1) is 28.1. The van der Waals surface area contributed by atoms with E-state index in [4.69, 9.17) is 4.74 Å². The molecule has 37 heavy (non-hydrogen) atoms. The molecule has 3 aromatic carbocycles. The Kier molecular flexibility index (Phi) is 9.28. The van der Waals surface area contributed by atoms with Crippen LogP contribution in [0.3, 0.4) is 0 Å². The zero-order valence-corrected chi connectivity index (χ0v) is 23.2. The van der Waals surface area contributed by atoms with Gasteiger partial charge in [-0.25, -0.2) is 0 Å². The van der Waals surface area contributed by atoms with Crippen molar-refractivity contribution in [1.82, 2.24) is 8.75 Å². The summed E-state index contributed by atoms with van der Waals surface area (Å²) in [5, 5.41) is 23.4. The predicted octanol–water partition coefficient (Wildman–Crippen LogP) is 1.02. The van der Waals surface area contributed by atoms with Gasteiger partial charge >= 0.3 is 29.6 Å². The Morgan fingerprint density at radius 1 is 0.946 bits per heavy atom. The van der Waals surface area contributed by atoms with E-state index < -0.39 is 16.7 Å². The molecule has 0 saturated carbocycles. The van der Waals surface area contributed by atoms with Gasteiger partial charge < -0.3 is 14.6 Å². The van der Waals surface area contributed by atoms with Crippen LogP contribution in [0.2, 0.25) is 0 Å². The Hall–Kier alpha value is -3.44. The molecular weight excluding hydrogens is 505 g/mol. The Balaban J connectivity index is 0.00000380. The molecule has 0 aliphatic rings. The third-order valence-corrected chi connectivity index (χ3v) is 5.90. The minimum Gasteiger partial charge on any atom is -0.545 e. The van der Waals surface area contributed by atoms with Crippen molar-refractivity contribution in [1.29, 1.82) is 0 Å². The molecule has 4 aromatic rings. The second kappa shape index (κ2) is 12.2. The van der Waals surface area contributed by atoms with Crippen LogP contribution < -0.4 is 39.4 Å². The first-order chi connectivity index (χ1) is 17.2. The molecule has 0 radical (unpaired) electrons. The Morgan fingerprint density at radius 3 is 2.16 bits per heavy atom. The number of nitro groups is 1. The number of nitrogens with zero attached hydrogens (tertiary/aromatic N) is 3. The number of hydrogen-bond donors (Lipinski definition) is 0. The summed E-state index contributed by atoms with van der Waals surface area (Å²) in [4.78, 5) is 36.6. The van der Waals surface area contributed by atoms with Crippen LogP contribution in [0.4, 0.5) is 5.69 Å². The van der Waals surface area contributed by atoms with E-state index in [2.05, 4.69) is 8.75 Å². The second-order valence-corrected chi connectivity index (χ2v) is 8.76. The van der Waals surface area contributed by atoms with Gasteiger partial charge in [0, 0.05) is 35.3 Å². The molecule has 0 N–H and O–H groups in total. The number of benzene rings is 3. The molecule has 0 fully saturated rings. The van der Waals surface area contributed by atoms with E-state index in [1.807, 2.05) is 13.8 Å². The largest absolute Gasteiger partial charge is 1.00 e. The predicted molar refractivity (Wildman–Crippen MR) is 133 cm³/mol. The van der Waals surface area contributed by atoms with Crippen molar-refractivity contribution in [2.45, 2.75) is 26.4 Å². The van der Waals surface area contributed by atoms with Gasteiger partial charge in [-0.05, 0) is 61.4 Å². The number of carboxylic acids is 1. The standard InChI is InChI=1S/C26H21N3O6S.Na/c1-15(2)35-20-10-5-17(6-11-20)25(30)21(13-16-3-8-19(9-4-16)29(33)34)24(26(31)32)18-7-12-22-23(14-18)28-36-27-22;/h3-12,14-15H,13H2,1-2H3,(H,31,32);/q;+1/p-1/b24-21+;. The molecule has 182 valence electrons. The fourth-order valence-corrected chi connectivity index (χ4v) is 4.22. The van der Waals surface area contributed by atoms with E-state index >= 15 is 0 Å². The van der Waals surface area contributed by atoms with Crippen molar-refractivity contribution < 1.29 is 53.9 Å². The third kappa shape index (κ3) is 6.66. The van der Waals surface area contributed by atoms with Gasteiger partial charge in [0.05, 0.1) is 28.7 Å². The summed E-state index contributed by atoms with van der Waals surface area (Å²) in [5.41, 5.74) is 1.72. The Morgan fingerprint density at radius 2 is 1.57 bits per heavy atom. The van der Waals surface area contributed by atoms with Gasteiger partial charge in [0.25, 0.3) is 5.69 Å². The van der Waals surface area contributed by atoms with E-state index in [0.717, 1.165) is 11.7 Å². The van der Waals surface area contributed by atoms with Crippen molar-refractivity contribution in [3.8, 4) is 5.75 Å². The van der Waals surface area contributed by atoms with Crippen molar-refractivity contribution in [3.05, 3.63) is 99.1 Å². The topological polar surface area (TPSA) is 135 Å². The number of carboxylic acid groups (broad SMARTS) is 1. The van der Waals surface area contributed by atoms with Crippen LogP contribution in [0.15, 0.2) is 72.3 Å². The number of ketones is 1. The van der Waals surface area contributed by atoms with Crippen LogP contribution in [-0.2, 0) is 11.2 Å². The smallest absolute Gasteiger partial charge is 0.545 e. The minimum absolute atomic E-state index is 0. The van der Waals surface area contributed by atoms with Crippen molar-refractivity contribution >= 4 is 45.8 Å². The third-order valence-electron chi connectivity index (χ3n) is 5.34. The number of non-ortho nitro benzene ring substituents is 1. The van der Waals surface area contributed by atoms with Gasteiger partial charge in [-0.1, -0.05) is 18.2 Å².